The van der Waals surface area contributed by atoms with Gasteiger partial charge in [-0.15, -0.1) is 0 Å². The number of rotatable bonds is 3. The minimum absolute atomic E-state index is 0.272. The Bertz CT molecular complexity index is 709. The van der Waals surface area contributed by atoms with Crippen molar-refractivity contribution in [2.45, 2.75) is 19.2 Å². The molecule has 23 heavy (non-hydrogen) atoms. The molecule has 2 heterocycles. The molecule has 0 saturated heterocycles. The Kier molecular flexibility index (Phi) is 4.08. The molecule has 118 valence electrons. The van der Waals surface area contributed by atoms with Gasteiger partial charge in [0.25, 0.3) is 5.91 Å². The van der Waals surface area contributed by atoms with Crippen LogP contribution < -0.4 is 5.32 Å². The number of allylic oxidation sites excluding steroid dienone is 2. The van der Waals surface area contributed by atoms with Gasteiger partial charge in [0.05, 0.1) is 6.04 Å². The van der Waals surface area contributed by atoms with Crippen LogP contribution in [0.1, 0.15) is 18.5 Å². The average molecular weight is 311 g/mol. The summed E-state index contributed by atoms with van der Waals surface area (Å²) in [5.74, 6) is -2.09. The standard InChI is InChI=1S/C17H17N3O3/c1-11(12-7-3-2-4-8-12)18-15(21)14-16(22)19-13-9-5-6-10-20(13)17(14)23/h2-11,14,17,23H,1H3,(H,18,21)/t11-,14?,17?/m1/s1. The van der Waals surface area contributed by atoms with Crippen LogP contribution in [0, 0.1) is 5.92 Å². The third-order valence-electron chi connectivity index (χ3n) is 3.88. The summed E-state index contributed by atoms with van der Waals surface area (Å²) in [7, 11) is 0. The van der Waals surface area contributed by atoms with E-state index in [9.17, 15) is 14.7 Å². The predicted octanol–water partition coefficient (Wildman–Crippen LogP) is 1.12. The number of hydrogen-bond acceptors (Lipinski definition) is 4. The van der Waals surface area contributed by atoms with E-state index in [1.54, 1.807) is 24.4 Å². The summed E-state index contributed by atoms with van der Waals surface area (Å²) in [5.41, 5.74) is 0.920. The SMILES string of the molecule is C[C@@H](NC(=O)C1C(=O)N=C2C=CC=CN2C1O)c1ccccc1. The number of aliphatic hydroxyl groups excluding tert-OH is 1. The van der Waals surface area contributed by atoms with Crippen LogP contribution in [0.3, 0.4) is 0 Å². The van der Waals surface area contributed by atoms with Crippen LogP contribution >= 0.6 is 0 Å². The highest BCUT2D eigenvalue weighted by Gasteiger charge is 2.42. The highest BCUT2D eigenvalue weighted by molar-refractivity contribution is 6.11. The number of nitrogens with one attached hydrogen (secondary N) is 1. The number of amides is 2. The molecule has 2 amide bonds. The molecule has 2 aliphatic rings. The number of fused-ring (bicyclic) bond motifs is 1. The summed E-state index contributed by atoms with van der Waals surface area (Å²) in [6.45, 7) is 1.82. The van der Waals surface area contributed by atoms with E-state index in [1.807, 2.05) is 37.3 Å². The molecule has 0 aliphatic carbocycles. The second-order valence-corrected chi connectivity index (χ2v) is 5.45. The van der Waals surface area contributed by atoms with Gasteiger partial charge >= 0.3 is 0 Å². The van der Waals surface area contributed by atoms with Gasteiger partial charge in [-0.05, 0) is 24.6 Å². The van der Waals surface area contributed by atoms with Gasteiger partial charge in [-0.1, -0.05) is 36.4 Å². The molecule has 0 bridgehead atoms. The van der Waals surface area contributed by atoms with Crippen LogP contribution in [0.15, 0.2) is 59.8 Å². The first-order valence-corrected chi connectivity index (χ1v) is 7.37. The first-order valence-electron chi connectivity index (χ1n) is 7.37. The monoisotopic (exact) mass is 311 g/mol. The van der Waals surface area contributed by atoms with Crippen molar-refractivity contribution in [3.63, 3.8) is 0 Å². The largest absolute Gasteiger partial charge is 0.372 e. The van der Waals surface area contributed by atoms with E-state index in [2.05, 4.69) is 10.3 Å². The van der Waals surface area contributed by atoms with Crippen LogP contribution in [0.5, 0.6) is 0 Å². The van der Waals surface area contributed by atoms with Crippen LogP contribution in [0.25, 0.3) is 0 Å². The molecule has 2 unspecified atom stereocenters. The van der Waals surface area contributed by atoms with Gasteiger partial charge in [0.15, 0.2) is 12.1 Å². The predicted molar refractivity (Wildman–Crippen MR) is 85.1 cm³/mol. The third kappa shape index (κ3) is 2.93. The molecular weight excluding hydrogens is 294 g/mol. The normalized spacial score (nSPS) is 24.0. The van der Waals surface area contributed by atoms with Crippen molar-refractivity contribution in [2.24, 2.45) is 10.9 Å². The fourth-order valence-corrected chi connectivity index (χ4v) is 2.61. The van der Waals surface area contributed by atoms with Crippen LogP contribution in [-0.4, -0.2) is 33.9 Å². The molecule has 3 rings (SSSR count). The van der Waals surface area contributed by atoms with Crippen molar-refractivity contribution in [3.8, 4) is 0 Å². The average Bonchev–Trinajstić information content (AvgIpc) is 2.55. The number of aliphatic hydroxyl groups is 1. The summed E-state index contributed by atoms with van der Waals surface area (Å²) in [5, 5.41) is 13.1. The van der Waals surface area contributed by atoms with Crippen LogP contribution in [0.2, 0.25) is 0 Å². The Morgan fingerprint density at radius 1 is 1.30 bits per heavy atom. The van der Waals surface area contributed by atoms with Gasteiger partial charge in [-0.3, -0.25) is 9.59 Å². The summed E-state index contributed by atoms with van der Waals surface area (Å²) >= 11 is 0. The summed E-state index contributed by atoms with van der Waals surface area (Å²) in [6, 6.07) is 9.14. The van der Waals surface area contributed by atoms with Gasteiger partial charge in [-0.25, -0.2) is 0 Å². The zero-order valence-electron chi connectivity index (χ0n) is 12.6. The zero-order chi connectivity index (χ0) is 16.4. The first-order chi connectivity index (χ1) is 11.1. The number of nitrogens with zero attached hydrogens (tertiary/aromatic N) is 2. The molecular formula is C17H17N3O3. The Labute approximate surface area is 133 Å². The van der Waals surface area contributed by atoms with Gasteiger partial charge in [-0.2, -0.15) is 4.99 Å². The topological polar surface area (TPSA) is 82.0 Å². The number of carbonyl (C=O) groups is 2. The van der Waals surface area contributed by atoms with Crippen LogP contribution in [0.4, 0.5) is 0 Å². The van der Waals surface area contributed by atoms with Gasteiger partial charge in [0.1, 0.15) is 5.84 Å². The van der Waals surface area contributed by atoms with E-state index in [0.717, 1.165) is 5.56 Å². The second kappa shape index (κ2) is 6.18. The lowest BCUT2D eigenvalue weighted by Crippen LogP contribution is -2.53. The molecule has 0 aromatic heterocycles. The lowest BCUT2D eigenvalue weighted by Gasteiger charge is -2.35. The quantitative estimate of drug-likeness (QED) is 0.820. The van der Waals surface area contributed by atoms with E-state index in [1.165, 1.54) is 4.90 Å². The maximum absolute atomic E-state index is 12.4. The number of aliphatic imine (C=N–C) groups is 1. The number of benzene rings is 1. The van der Waals surface area contributed by atoms with E-state index in [-0.39, 0.29) is 6.04 Å². The van der Waals surface area contributed by atoms with Gasteiger partial charge in [0.2, 0.25) is 5.91 Å². The van der Waals surface area contributed by atoms with E-state index in [0.29, 0.717) is 5.84 Å². The molecule has 6 nitrogen and oxygen atoms in total. The molecule has 2 aliphatic heterocycles. The maximum Gasteiger partial charge on any atom is 0.264 e. The Hall–Kier alpha value is -2.73. The van der Waals surface area contributed by atoms with Gasteiger partial charge in [0, 0.05) is 6.20 Å². The third-order valence-corrected chi connectivity index (χ3v) is 3.88. The number of amidine groups is 1. The molecule has 2 N–H and O–H groups in total. The van der Waals surface area contributed by atoms with Crippen molar-refractivity contribution in [1.82, 2.24) is 10.2 Å². The maximum atomic E-state index is 12.4. The van der Waals surface area contributed by atoms with Gasteiger partial charge < -0.3 is 15.3 Å². The Morgan fingerprint density at radius 2 is 2.04 bits per heavy atom. The van der Waals surface area contributed by atoms with E-state index < -0.39 is 24.0 Å². The second-order valence-electron chi connectivity index (χ2n) is 5.45. The molecule has 0 saturated carbocycles. The minimum atomic E-state index is -1.26. The van der Waals surface area contributed by atoms with Crippen molar-refractivity contribution in [3.05, 3.63) is 60.3 Å². The molecule has 1 aromatic rings. The fraction of sp³-hybridized carbons (Fsp3) is 0.235. The smallest absolute Gasteiger partial charge is 0.264 e. The van der Waals surface area contributed by atoms with E-state index in [4.69, 9.17) is 0 Å². The summed E-state index contributed by atoms with van der Waals surface area (Å²) in [4.78, 5) is 29.9. The van der Waals surface area contributed by atoms with Crippen molar-refractivity contribution >= 4 is 17.6 Å². The minimum Gasteiger partial charge on any atom is -0.372 e. The molecule has 0 fully saturated rings. The zero-order valence-corrected chi connectivity index (χ0v) is 12.6. The lowest BCUT2D eigenvalue weighted by molar-refractivity contribution is -0.143. The first kappa shape index (κ1) is 15.2. The highest BCUT2D eigenvalue weighted by Crippen LogP contribution is 2.22. The number of carbonyl (C=O) groups excluding carboxylic acids is 2. The van der Waals surface area contributed by atoms with Crippen LogP contribution in [-0.2, 0) is 9.59 Å². The summed E-state index contributed by atoms with van der Waals surface area (Å²) in [6.07, 6.45) is 5.37. The molecule has 0 spiro atoms. The van der Waals surface area contributed by atoms with Crippen molar-refractivity contribution in [2.75, 3.05) is 0 Å². The van der Waals surface area contributed by atoms with E-state index >= 15 is 0 Å². The van der Waals surface area contributed by atoms with Crippen molar-refractivity contribution < 1.29 is 14.7 Å². The highest BCUT2D eigenvalue weighted by atomic mass is 16.3. The number of hydrogen-bond donors (Lipinski definition) is 2. The molecule has 1 aromatic carbocycles. The Balaban J connectivity index is 1.77. The summed E-state index contributed by atoms with van der Waals surface area (Å²) < 4.78 is 0. The Morgan fingerprint density at radius 3 is 2.78 bits per heavy atom. The van der Waals surface area contributed by atoms with Crippen molar-refractivity contribution in [1.29, 1.82) is 0 Å². The molecule has 0 radical (unpaired) electrons. The fourth-order valence-electron chi connectivity index (χ4n) is 2.61. The lowest BCUT2D eigenvalue weighted by atomic mass is 10.0. The molecule has 3 atom stereocenters. The molecule has 6 heteroatoms.